The summed E-state index contributed by atoms with van der Waals surface area (Å²) in [6.45, 7) is 4.58. The molecule has 0 aliphatic carbocycles. The first kappa shape index (κ1) is 12.7. The third-order valence-electron chi connectivity index (χ3n) is 2.61. The largest absolute Gasteiger partial charge is 0.342 e. The zero-order valence-electron chi connectivity index (χ0n) is 10.1. The second-order valence-corrected chi connectivity index (χ2v) is 4.04. The maximum Gasteiger partial charge on any atom is 0.253 e. The summed E-state index contributed by atoms with van der Waals surface area (Å²) in [5.41, 5.74) is 1.27. The lowest BCUT2D eigenvalue weighted by Gasteiger charge is -2.17. The number of amides is 1. The lowest BCUT2D eigenvalue weighted by atomic mass is 10.1. The van der Waals surface area contributed by atoms with Gasteiger partial charge in [0, 0.05) is 19.2 Å². The monoisotopic (exact) mass is 223 g/mol. The summed E-state index contributed by atoms with van der Waals surface area (Å²) >= 11 is 0. The number of rotatable bonds is 4. The van der Waals surface area contributed by atoms with E-state index in [1.54, 1.807) is 24.9 Å². The van der Waals surface area contributed by atoms with Crippen molar-refractivity contribution in [2.75, 3.05) is 13.6 Å². The number of unbranched alkanes of at least 4 members (excludes halogenated alkanes) is 1. The van der Waals surface area contributed by atoms with Gasteiger partial charge in [-0.15, -0.1) is 0 Å². The standard InChI is InChI=1S/C13H18FNO/c1-4-5-8-15(3)13(16)12-7-6-11(14)9-10(12)2/h6-7,9H,4-5,8H2,1-3H3. The second kappa shape index (κ2) is 5.64. The number of halogens is 1. The molecule has 2 nitrogen and oxygen atoms in total. The molecule has 0 radical (unpaired) electrons. The van der Waals surface area contributed by atoms with Crippen molar-refractivity contribution >= 4 is 5.91 Å². The van der Waals surface area contributed by atoms with Gasteiger partial charge in [0.1, 0.15) is 5.82 Å². The molecule has 0 heterocycles. The van der Waals surface area contributed by atoms with E-state index in [-0.39, 0.29) is 11.7 Å². The first-order chi connectivity index (χ1) is 7.56. The van der Waals surface area contributed by atoms with Crippen LogP contribution >= 0.6 is 0 Å². The summed E-state index contributed by atoms with van der Waals surface area (Å²) in [5.74, 6) is -0.337. The van der Waals surface area contributed by atoms with Gasteiger partial charge < -0.3 is 4.90 Å². The van der Waals surface area contributed by atoms with Crippen LogP contribution in [0.25, 0.3) is 0 Å². The summed E-state index contributed by atoms with van der Waals surface area (Å²) in [6.07, 6.45) is 2.04. The Morgan fingerprint density at radius 3 is 2.69 bits per heavy atom. The van der Waals surface area contributed by atoms with Crippen LogP contribution in [0, 0.1) is 12.7 Å². The van der Waals surface area contributed by atoms with E-state index in [9.17, 15) is 9.18 Å². The average molecular weight is 223 g/mol. The van der Waals surface area contributed by atoms with Gasteiger partial charge >= 0.3 is 0 Å². The fourth-order valence-corrected chi connectivity index (χ4v) is 1.57. The Bertz CT molecular complexity index is 376. The molecule has 0 atom stereocenters. The maximum atomic E-state index is 12.9. The van der Waals surface area contributed by atoms with Crippen LogP contribution in [-0.2, 0) is 0 Å². The second-order valence-electron chi connectivity index (χ2n) is 4.04. The van der Waals surface area contributed by atoms with E-state index in [0.717, 1.165) is 19.4 Å². The van der Waals surface area contributed by atoms with Crippen LogP contribution in [0.2, 0.25) is 0 Å². The van der Waals surface area contributed by atoms with Gasteiger partial charge in [0.15, 0.2) is 0 Å². The molecule has 0 aliphatic heterocycles. The Morgan fingerprint density at radius 2 is 2.12 bits per heavy atom. The molecule has 0 saturated carbocycles. The highest BCUT2D eigenvalue weighted by Crippen LogP contribution is 2.12. The number of hydrogen-bond acceptors (Lipinski definition) is 1. The van der Waals surface area contributed by atoms with Crippen molar-refractivity contribution in [3.05, 3.63) is 35.1 Å². The summed E-state index contributed by atoms with van der Waals surface area (Å²) in [4.78, 5) is 13.7. The van der Waals surface area contributed by atoms with Crippen LogP contribution in [0.3, 0.4) is 0 Å². The molecule has 0 spiro atoms. The highest BCUT2D eigenvalue weighted by atomic mass is 19.1. The molecule has 0 N–H and O–H groups in total. The van der Waals surface area contributed by atoms with Gasteiger partial charge in [0.05, 0.1) is 0 Å². The van der Waals surface area contributed by atoms with Crippen LogP contribution in [0.1, 0.15) is 35.7 Å². The summed E-state index contributed by atoms with van der Waals surface area (Å²) < 4.78 is 12.9. The van der Waals surface area contributed by atoms with Crippen molar-refractivity contribution in [1.29, 1.82) is 0 Å². The van der Waals surface area contributed by atoms with Crippen molar-refractivity contribution in [1.82, 2.24) is 4.90 Å². The molecule has 1 aromatic carbocycles. The van der Waals surface area contributed by atoms with Crippen molar-refractivity contribution in [3.63, 3.8) is 0 Å². The normalized spacial score (nSPS) is 10.2. The lowest BCUT2D eigenvalue weighted by molar-refractivity contribution is 0.0792. The van der Waals surface area contributed by atoms with Gasteiger partial charge in [-0.25, -0.2) is 4.39 Å². The smallest absolute Gasteiger partial charge is 0.253 e. The third-order valence-corrected chi connectivity index (χ3v) is 2.61. The number of carbonyl (C=O) groups excluding carboxylic acids is 1. The van der Waals surface area contributed by atoms with E-state index in [0.29, 0.717) is 11.1 Å². The van der Waals surface area contributed by atoms with E-state index in [4.69, 9.17) is 0 Å². The fourth-order valence-electron chi connectivity index (χ4n) is 1.57. The molecule has 16 heavy (non-hydrogen) atoms. The molecule has 1 amide bonds. The van der Waals surface area contributed by atoms with Gasteiger partial charge in [-0.2, -0.15) is 0 Å². The molecule has 0 fully saturated rings. The van der Waals surface area contributed by atoms with E-state index in [1.165, 1.54) is 12.1 Å². The number of benzene rings is 1. The highest BCUT2D eigenvalue weighted by molar-refractivity contribution is 5.95. The van der Waals surface area contributed by atoms with Crippen molar-refractivity contribution in [2.45, 2.75) is 26.7 Å². The van der Waals surface area contributed by atoms with E-state index in [2.05, 4.69) is 6.92 Å². The quantitative estimate of drug-likeness (QED) is 0.768. The average Bonchev–Trinajstić information content (AvgIpc) is 2.25. The molecule has 0 aromatic heterocycles. The van der Waals surface area contributed by atoms with Gasteiger partial charge in [0.25, 0.3) is 5.91 Å². The number of aryl methyl sites for hydroxylation is 1. The van der Waals surface area contributed by atoms with E-state index in [1.807, 2.05) is 0 Å². The van der Waals surface area contributed by atoms with Gasteiger partial charge in [-0.1, -0.05) is 13.3 Å². The van der Waals surface area contributed by atoms with Crippen LogP contribution < -0.4 is 0 Å². The molecule has 0 bridgehead atoms. The van der Waals surface area contributed by atoms with Gasteiger partial charge in [-0.3, -0.25) is 4.79 Å². The molecular formula is C13H18FNO. The van der Waals surface area contributed by atoms with Gasteiger partial charge in [0.2, 0.25) is 0 Å². The van der Waals surface area contributed by atoms with Crippen LogP contribution in [-0.4, -0.2) is 24.4 Å². The number of nitrogens with zero attached hydrogens (tertiary/aromatic N) is 1. The van der Waals surface area contributed by atoms with Crippen molar-refractivity contribution < 1.29 is 9.18 Å². The van der Waals surface area contributed by atoms with Gasteiger partial charge in [-0.05, 0) is 37.1 Å². The van der Waals surface area contributed by atoms with Crippen LogP contribution in [0.4, 0.5) is 4.39 Å². The Kier molecular flexibility index (Phi) is 4.47. The molecule has 0 unspecified atom stereocenters. The minimum Gasteiger partial charge on any atom is -0.342 e. The van der Waals surface area contributed by atoms with E-state index < -0.39 is 0 Å². The number of hydrogen-bond donors (Lipinski definition) is 0. The minimum absolute atomic E-state index is 0.0362. The van der Waals surface area contributed by atoms with Crippen molar-refractivity contribution in [3.8, 4) is 0 Å². The Balaban J connectivity index is 2.79. The zero-order valence-corrected chi connectivity index (χ0v) is 10.1. The molecule has 88 valence electrons. The molecule has 0 aliphatic rings. The first-order valence-electron chi connectivity index (χ1n) is 5.58. The molecule has 1 rings (SSSR count). The summed E-state index contributed by atoms with van der Waals surface area (Å²) in [5, 5.41) is 0. The predicted octanol–water partition coefficient (Wildman–Crippen LogP) is 3.01. The SMILES string of the molecule is CCCCN(C)C(=O)c1ccc(F)cc1C. The minimum atomic E-state index is -0.301. The van der Waals surface area contributed by atoms with Crippen LogP contribution in [0.5, 0.6) is 0 Å². The molecule has 3 heteroatoms. The zero-order chi connectivity index (χ0) is 12.1. The predicted molar refractivity (Wildman–Crippen MR) is 63.0 cm³/mol. The summed E-state index contributed by atoms with van der Waals surface area (Å²) in [6, 6.07) is 4.27. The Morgan fingerprint density at radius 1 is 1.44 bits per heavy atom. The summed E-state index contributed by atoms with van der Waals surface area (Å²) in [7, 11) is 1.78. The van der Waals surface area contributed by atoms with Crippen molar-refractivity contribution in [2.24, 2.45) is 0 Å². The Hall–Kier alpha value is -1.38. The molecular weight excluding hydrogens is 205 g/mol. The molecule has 1 aromatic rings. The first-order valence-corrected chi connectivity index (χ1v) is 5.58. The highest BCUT2D eigenvalue weighted by Gasteiger charge is 2.13. The van der Waals surface area contributed by atoms with E-state index >= 15 is 0 Å². The molecule has 0 saturated heterocycles. The topological polar surface area (TPSA) is 20.3 Å². The van der Waals surface area contributed by atoms with Crippen LogP contribution in [0.15, 0.2) is 18.2 Å². The maximum absolute atomic E-state index is 12.9. The fraction of sp³-hybridized carbons (Fsp3) is 0.462. The number of carbonyl (C=O) groups is 1. The Labute approximate surface area is 96.1 Å². The lowest BCUT2D eigenvalue weighted by Crippen LogP contribution is -2.28. The third kappa shape index (κ3) is 3.05.